The van der Waals surface area contributed by atoms with Crippen LogP contribution >= 0.6 is 0 Å². The van der Waals surface area contributed by atoms with Crippen molar-refractivity contribution in [3.63, 3.8) is 0 Å². The Hall–Kier alpha value is -6.28. The van der Waals surface area contributed by atoms with Crippen LogP contribution < -0.4 is 0 Å². The van der Waals surface area contributed by atoms with Crippen LogP contribution in [0.2, 0.25) is 0 Å². The lowest BCUT2D eigenvalue weighted by atomic mass is 9.80. The first-order valence-electron chi connectivity index (χ1n) is 41.5. The van der Waals surface area contributed by atoms with Crippen molar-refractivity contribution in [1.29, 1.82) is 0 Å². The van der Waals surface area contributed by atoms with E-state index in [1.807, 2.05) is 0 Å². The van der Waals surface area contributed by atoms with E-state index < -0.39 is 310 Å². The molecule has 692 valence electrons. The smallest absolute Gasteiger partial charge is 0.187 e. The van der Waals surface area contributed by atoms with E-state index in [4.69, 9.17) is 85.3 Å². The summed E-state index contributed by atoms with van der Waals surface area (Å²) in [6.45, 7) is -8.02. The Morgan fingerprint density at radius 2 is 0.302 bits per heavy atom. The van der Waals surface area contributed by atoms with Crippen LogP contribution in [-0.2, 0) is 96.5 Å². The Kier molecular flexibility index (Phi) is 30.9. The van der Waals surface area contributed by atoms with Gasteiger partial charge in [-0.2, -0.15) is 0 Å². The topological polar surface area (TPSA) is 611 Å². The first kappa shape index (κ1) is 94.4. The van der Waals surface area contributed by atoms with Crippen molar-refractivity contribution in [2.45, 2.75) is 257 Å². The Morgan fingerprint density at radius 3 is 0.437 bits per heavy atom. The van der Waals surface area contributed by atoms with Gasteiger partial charge in [-0.05, 0) is 33.4 Å². The van der Waals surface area contributed by atoms with Crippen LogP contribution in [0.15, 0.2) is 182 Å². The van der Waals surface area contributed by atoms with Gasteiger partial charge in [-0.1, -0.05) is 182 Å². The standard InChI is InChI=1S/C86H108O40/c87-31-45-69-54(94)62(102)78(112-45)121-71-47(33-89)114-80(64(104)56(71)96)123-73-49(35-91)116-82(66(106)58(73)98)125-75-51(37-109-85(39-19-7-1-8-20-39,40-21-9-2-10-22-40)41-23-11-3-12-24-41)118-84(68(108)60(75)100)126-76-52(38-110-86(42-25-13-4-14-26-42,43-27-15-5-16-28-43)44-29-17-6-18-30-44)117-83(67(107)59(76)99)124-74-50(36-92)115-81(65(105)57(74)97)122-72-48(34-90)113-79(63(103)55(72)95)120-70-46(32-88)111-77(119-69)61(101)53(70)93/h1-30,45-84,87-108H,31-38H2/t45-,46-,47-,48+,49-,50+,51-,52+,53-,54-,55-,56-,57-,58-,59-,60-,61-,62+,63-,64+,65-,66-,67-,68-,69-,70-,71-,72-,73-,74-,75-,76-,77-,78-,79-,80-,81-,82-,83-,84-/m1/s1. The lowest BCUT2D eigenvalue weighted by Crippen LogP contribution is -2.69. The molecular weight excluding hydrogens is 1670 g/mol. The van der Waals surface area contributed by atoms with Gasteiger partial charge in [0.25, 0.3) is 0 Å². The third kappa shape index (κ3) is 18.6. The van der Waals surface area contributed by atoms with Crippen LogP contribution in [0.3, 0.4) is 0 Å². The second-order valence-corrected chi connectivity index (χ2v) is 32.3. The SMILES string of the molecule is OC[C@@H]1O[C@@H]2O[C@H]3[C@H](O)[C@@H](O)[C@@H](O[C@H]4[C@H](O)[C@@H](O)[C@@H](O[C@H]5[C@H](O)[C@H](O)[C@@H](O[C@H]6[C@H](O)[C@H](O)[C@@H](O[C@H]7[C@H](O)[C@@H](O)[C@@H](O[C@H]8[C@H](O)[C@@H](O)[C@@H](O[C@H]9[C@H](O)[C@@H](O)[C@@H](O[C@H]1[C@H](O)[C@H]2O)O[C@H]9COC(c1ccccc1)(c1ccccc1)c1ccccc1)O[C@@H]8COC(c1ccccc1)(c1ccccc1)c1ccccc1)O[C@@H]7CO)O[C@@H]6CO)O[C@@H]5CO)O[C@@H]4CO)O[C@H]3CO. The molecule has 40 atom stereocenters. The minimum atomic E-state index is -2.35. The van der Waals surface area contributed by atoms with Gasteiger partial charge in [-0.15, -0.1) is 0 Å². The molecule has 40 heteroatoms. The van der Waals surface area contributed by atoms with Crippen LogP contribution in [0.1, 0.15) is 33.4 Å². The molecule has 0 aliphatic carbocycles. The number of hydrogen-bond acceptors (Lipinski definition) is 40. The van der Waals surface area contributed by atoms with Crippen molar-refractivity contribution in [2.75, 3.05) is 52.9 Å². The highest BCUT2D eigenvalue weighted by molar-refractivity contribution is 5.49. The molecule has 0 saturated carbocycles. The number of aliphatic hydroxyl groups excluding tert-OH is 22. The summed E-state index contributed by atoms with van der Waals surface area (Å²) in [5.74, 6) is 0. The Bertz CT molecular complexity index is 3970. The van der Waals surface area contributed by atoms with Gasteiger partial charge in [-0.3, -0.25) is 0 Å². The molecule has 6 aromatic rings. The quantitative estimate of drug-likeness (QED) is 0.0356. The minimum absolute atomic E-state index is 0.540. The van der Waals surface area contributed by atoms with Gasteiger partial charge in [0.1, 0.15) is 207 Å². The maximum absolute atomic E-state index is 13.0. The summed E-state index contributed by atoms with van der Waals surface area (Å²) >= 11 is 0. The Balaban J connectivity index is 0.794. The molecule has 0 radical (unpaired) electrons. The molecular formula is C86H108O40. The van der Waals surface area contributed by atoms with E-state index in [2.05, 4.69) is 0 Å². The molecule has 40 nitrogen and oxygen atoms in total. The molecule has 16 bridgehead atoms. The van der Waals surface area contributed by atoms with Gasteiger partial charge in [0.2, 0.25) is 0 Å². The van der Waals surface area contributed by atoms with Crippen molar-refractivity contribution < 1.29 is 198 Å². The summed E-state index contributed by atoms with van der Waals surface area (Å²) in [6.07, 6.45) is -84.1. The number of hydrogen-bond donors (Lipinski definition) is 22. The van der Waals surface area contributed by atoms with E-state index in [-0.39, 0.29) is 0 Å². The highest BCUT2D eigenvalue weighted by Crippen LogP contribution is 2.47. The summed E-state index contributed by atoms with van der Waals surface area (Å²) in [5, 5.41) is 259. The first-order valence-corrected chi connectivity index (χ1v) is 41.5. The van der Waals surface area contributed by atoms with E-state index >= 15 is 0 Å². The Morgan fingerprint density at radius 1 is 0.175 bits per heavy atom. The lowest BCUT2D eigenvalue weighted by molar-refractivity contribution is -0.404. The van der Waals surface area contributed by atoms with Crippen LogP contribution in [0, 0.1) is 0 Å². The molecule has 6 aromatic carbocycles. The van der Waals surface area contributed by atoms with E-state index in [0.29, 0.717) is 33.4 Å². The first-order chi connectivity index (χ1) is 60.8. The average molecular weight is 1780 g/mol. The second kappa shape index (κ2) is 41.2. The maximum atomic E-state index is 13.0. The van der Waals surface area contributed by atoms with Crippen molar-refractivity contribution in [1.82, 2.24) is 0 Å². The van der Waals surface area contributed by atoms with E-state index in [9.17, 15) is 112 Å². The zero-order valence-corrected chi connectivity index (χ0v) is 67.3. The average Bonchev–Trinajstić information content (AvgIpc) is 0.744. The molecule has 30 aliphatic heterocycles. The fourth-order valence-corrected chi connectivity index (χ4v) is 17.8. The predicted octanol–water partition coefficient (Wildman–Crippen LogP) is -7.37. The summed E-state index contributed by atoms with van der Waals surface area (Å²) < 4.78 is 113. The van der Waals surface area contributed by atoms with E-state index in [0.717, 1.165) is 0 Å². The van der Waals surface area contributed by atoms with Crippen molar-refractivity contribution in [2.24, 2.45) is 0 Å². The maximum Gasteiger partial charge on any atom is 0.187 e. The third-order valence-corrected chi connectivity index (χ3v) is 24.5. The molecule has 30 heterocycles. The van der Waals surface area contributed by atoms with Crippen LogP contribution in [-0.4, -0.2) is 411 Å². The summed E-state index contributed by atoms with van der Waals surface area (Å²) in [5.41, 5.74) is 0.00471. The van der Waals surface area contributed by atoms with Crippen molar-refractivity contribution >= 4 is 0 Å². The van der Waals surface area contributed by atoms with Crippen molar-refractivity contribution in [3.8, 4) is 0 Å². The highest BCUT2D eigenvalue weighted by Gasteiger charge is 2.62. The monoisotopic (exact) mass is 1780 g/mol. The molecule has 0 unspecified atom stereocenters. The summed E-state index contributed by atoms with van der Waals surface area (Å²) in [7, 11) is 0. The molecule has 30 aliphatic rings. The molecule has 0 spiro atoms. The molecule has 126 heavy (non-hydrogen) atoms. The fraction of sp³-hybridized carbons (Fsp3) is 0.581. The normalized spacial score (nSPS) is 42.3. The fourth-order valence-electron chi connectivity index (χ4n) is 17.8. The zero-order chi connectivity index (χ0) is 89.2. The van der Waals surface area contributed by atoms with Gasteiger partial charge in [0.15, 0.2) is 50.3 Å². The summed E-state index contributed by atoms with van der Waals surface area (Å²) in [4.78, 5) is 0. The molecule has 0 amide bonds. The summed E-state index contributed by atoms with van der Waals surface area (Å²) in [6, 6.07) is 53.4. The van der Waals surface area contributed by atoms with Crippen LogP contribution in [0.4, 0.5) is 0 Å². The number of benzene rings is 6. The largest absolute Gasteiger partial charge is 0.394 e. The van der Waals surface area contributed by atoms with Crippen molar-refractivity contribution in [3.05, 3.63) is 215 Å². The van der Waals surface area contributed by atoms with Gasteiger partial charge in [0.05, 0.1) is 52.9 Å². The lowest BCUT2D eigenvalue weighted by Gasteiger charge is -2.51. The van der Waals surface area contributed by atoms with Gasteiger partial charge in [-0.25, -0.2) is 0 Å². The number of rotatable bonds is 18. The van der Waals surface area contributed by atoms with E-state index in [1.54, 1.807) is 182 Å². The molecule has 0 aromatic heterocycles. The van der Waals surface area contributed by atoms with Gasteiger partial charge >= 0.3 is 0 Å². The predicted molar refractivity (Wildman–Crippen MR) is 417 cm³/mol. The number of aliphatic hydroxyl groups is 22. The molecule has 22 N–H and O–H groups in total. The molecule has 36 rings (SSSR count). The second-order valence-electron chi connectivity index (χ2n) is 32.3. The van der Waals surface area contributed by atoms with E-state index in [1.165, 1.54) is 0 Å². The Labute approximate surface area is 719 Å². The van der Waals surface area contributed by atoms with Gasteiger partial charge < -0.3 is 198 Å². The number of ether oxygens (including phenoxy) is 18. The van der Waals surface area contributed by atoms with Crippen LogP contribution in [0.25, 0.3) is 0 Å². The minimum Gasteiger partial charge on any atom is -0.394 e. The van der Waals surface area contributed by atoms with Gasteiger partial charge in [0, 0.05) is 0 Å². The molecule has 30 fully saturated rings. The third-order valence-electron chi connectivity index (χ3n) is 24.5. The van der Waals surface area contributed by atoms with Crippen LogP contribution in [0.5, 0.6) is 0 Å². The highest BCUT2D eigenvalue weighted by atomic mass is 16.8. The molecule has 30 saturated heterocycles. The zero-order valence-electron chi connectivity index (χ0n) is 67.3.